The van der Waals surface area contributed by atoms with E-state index in [0.717, 1.165) is 24.8 Å². The van der Waals surface area contributed by atoms with Gasteiger partial charge in [0, 0.05) is 0 Å². The predicted octanol–water partition coefficient (Wildman–Crippen LogP) is 4.43. The van der Waals surface area contributed by atoms with E-state index in [2.05, 4.69) is 13.3 Å². The van der Waals surface area contributed by atoms with Crippen LogP contribution in [0, 0.1) is 12.2 Å². The molecule has 0 saturated heterocycles. The fraction of sp³-hybridized carbons (Fsp3) is 0.562. The van der Waals surface area contributed by atoms with E-state index in [4.69, 9.17) is 5.11 Å². The smallest absolute Gasteiger partial charge is 0.126 e. The summed E-state index contributed by atoms with van der Waals surface area (Å²) in [5.41, 5.74) is 1.39. The Morgan fingerprint density at radius 1 is 1.17 bits per heavy atom. The van der Waals surface area contributed by atoms with E-state index >= 15 is 0 Å². The van der Waals surface area contributed by atoms with Crippen molar-refractivity contribution in [3.05, 3.63) is 41.6 Å². The van der Waals surface area contributed by atoms with E-state index in [-0.39, 0.29) is 12.4 Å². The first kappa shape index (κ1) is 15.2. The van der Waals surface area contributed by atoms with Crippen LogP contribution >= 0.6 is 0 Å². The number of aryl methyl sites for hydroxylation is 1. The third-order valence-electron chi connectivity index (χ3n) is 3.18. The SMILES string of the molecule is CCCCCC[CH]CCc1ccc(CO)cc1F. The number of unbranched alkanes of at least 4 members (excludes halogenated alkanes) is 6. The van der Waals surface area contributed by atoms with E-state index in [1.165, 1.54) is 31.7 Å². The Bertz CT molecular complexity index is 336. The highest BCUT2D eigenvalue weighted by molar-refractivity contribution is 5.24. The Labute approximate surface area is 110 Å². The number of hydrogen-bond acceptors (Lipinski definition) is 1. The number of aliphatic hydroxyl groups excluding tert-OH is 1. The van der Waals surface area contributed by atoms with Crippen LogP contribution in [0.2, 0.25) is 0 Å². The summed E-state index contributed by atoms with van der Waals surface area (Å²) in [6.45, 7) is 2.11. The average Bonchev–Trinajstić information content (AvgIpc) is 2.39. The quantitative estimate of drug-likeness (QED) is 0.644. The van der Waals surface area contributed by atoms with Crippen molar-refractivity contribution >= 4 is 0 Å². The lowest BCUT2D eigenvalue weighted by molar-refractivity contribution is 0.281. The average molecular weight is 251 g/mol. The molecule has 0 aliphatic carbocycles. The van der Waals surface area contributed by atoms with Crippen molar-refractivity contribution in [3.8, 4) is 0 Å². The second-order valence-electron chi connectivity index (χ2n) is 4.76. The normalized spacial score (nSPS) is 10.8. The molecule has 0 aliphatic rings. The molecule has 0 atom stereocenters. The molecule has 1 N–H and O–H groups in total. The van der Waals surface area contributed by atoms with Crippen LogP contribution in [0.15, 0.2) is 18.2 Å². The largest absolute Gasteiger partial charge is 0.392 e. The summed E-state index contributed by atoms with van der Waals surface area (Å²) in [5.74, 6) is -0.194. The van der Waals surface area contributed by atoms with Gasteiger partial charge < -0.3 is 5.11 Å². The Morgan fingerprint density at radius 3 is 2.67 bits per heavy atom. The molecule has 1 aromatic carbocycles. The molecule has 0 unspecified atom stereocenters. The lowest BCUT2D eigenvalue weighted by Crippen LogP contribution is -1.94. The van der Waals surface area contributed by atoms with Gasteiger partial charge in [-0.2, -0.15) is 0 Å². The topological polar surface area (TPSA) is 20.2 Å². The van der Waals surface area contributed by atoms with Crippen molar-refractivity contribution in [2.75, 3.05) is 0 Å². The zero-order valence-corrected chi connectivity index (χ0v) is 11.3. The van der Waals surface area contributed by atoms with Gasteiger partial charge in [0.15, 0.2) is 0 Å². The van der Waals surface area contributed by atoms with Crippen molar-refractivity contribution in [1.82, 2.24) is 0 Å². The Kier molecular flexibility index (Phi) is 7.66. The Morgan fingerprint density at radius 2 is 2.00 bits per heavy atom. The van der Waals surface area contributed by atoms with Gasteiger partial charge in [-0.05, 0) is 36.5 Å². The molecule has 0 aliphatic heterocycles. The van der Waals surface area contributed by atoms with Gasteiger partial charge in [0.25, 0.3) is 0 Å². The molecule has 1 radical (unpaired) electrons. The van der Waals surface area contributed by atoms with Crippen LogP contribution in [0.3, 0.4) is 0 Å². The minimum atomic E-state index is -0.194. The van der Waals surface area contributed by atoms with Gasteiger partial charge in [0.05, 0.1) is 6.61 Å². The van der Waals surface area contributed by atoms with Crippen LogP contribution in [-0.2, 0) is 13.0 Å². The summed E-state index contributed by atoms with van der Waals surface area (Å²) in [5, 5.41) is 8.90. The van der Waals surface area contributed by atoms with Crippen LogP contribution in [0.1, 0.15) is 56.6 Å². The first-order chi connectivity index (χ1) is 8.77. The molecular weight excluding hydrogens is 227 g/mol. The van der Waals surface area contributed by atoms with Gasteiger partial charge in [-0.15, -0.1) is 0 Å². The maximum Gasteiger partial charge on any atom is 0.126 e. The molecule has 0 saturated carbocycles. The van der Waals surface area contributed by atoms with Gasteiger partial charge >= 0.3 is 0 Å². The molecule has 0 aromatic heterocycles. The summed E-state index contributed by atoms with van der Waals surface area (Å²) < 4.78 is 13.6. The number of hydrogen-bond donors (Lipinski definition) is 1. The molecule has 0 spiro atoms. The summed E-state index contributed by atoms with van der Waals surface area (Å²) >= 11 is 0. The van der Waals surface area contributed by atoms with E-state index in [0.29, 0.717) is 5.56 Å². The monoisotopic (exact) mass is 251 g/mol. The van der Waals surface area contributed by atoms with E-state index < -0.39 is 0 Å². The van der Waals surface area contributed by atoms with E-state index in [1.807, 2.05) is 0 Å². The third kappa shape index (κ3) is 5.63. The summed E-state index contributed by atoms with van der Waals surface area (Å²) in [7, 11) is 0. The fourth-order valence-electron chi connectivity index (χ4n) is 2.01. The molecule has 0 heterocycles. The van der Waals surface area contributed by atoms with Crippen LogP contribution in [0.4, 0.5) is 4.39 Å². The van der Waals surface area contributed by atoms with Crippen molar-refractivity contribution in [1.29, 1.82) is 0 Å². The second kappa shape index (κ2) is 9.09. The number of halogens is 1. The van der Waals surface area contributed by atoms with Crippen LogP contribution < -0.4 is 0 Å². The maximum absolute atomic E-state index is 13.6. The molecular formula is C16H24FO. The summed E-state index contributed by atoms with van der Waals surface area (Å²) in [6, 6.07) is 5.00. The number of aliphatic hydroxyl groups is 1. The Balaban J connectivity index is 2.19. The highest BCUT2D eigenvalue weighted by Gasteiger charge is 2.03. The van der Waals surface area contributed by atoms with Crippen LogP contribution in [-0.4, -0.2) is 5.11 Å². The van der Waals surface area contributed by atoms with Gasteiger partial charge in [0.2, 0.25) is 0 Å². The molecule has 1 nitrogen and oxygen atoms in total. The fourth-order valence-corrected chi connectivity index (χ4v) is 2.01. The summed E-state index contributed by atoms with van der Waals surface area (Å²) in [4.78, 5) is 0. The zero-order chi connectivity index (χ0) is 13.2. The van der Waals surface area contributed by atoms with Crippen LogP contribution in [0.5, 0.6) is 0 Å². The van der Waals surface area contributed by atoms with Gasteiger partial charge in [-0.25, -0.2) is 4.39 Å². The molecule has 1 aromatic rings. The molecule has 101 valence electrons. The van der Waals surface area contributed by atoms with Gasteiger partial charge in [-0.1, -0.05) is 51.2 Å². The second-order valence-corrected chi connectivity index (χ2v) is 4.76. The highest BCUT2D eigenvalue weighted by atomic mass is 19.1. The lowest BCUT2D eigenvalue weighted by Gasteiger charge is -2.05. The number of benzene rings is 1. The van der Waals surface area contributed by atoms with Gasteiger partial charge in [0.1, 0.15) is 5.82 Å². The van der Waals surface area contributed by atoms with Crippen molar-refractivity contribution < 1.29 is 9.50 Å². The first-order valence-electron chi connectivity index (χ1n) is 6.97. The molecule has 0 fully saturated rings. The van der Waals surface area contributed by atoms with E-state index in [1.54, 1.807) is 12.1 Å². The number of rotatable bonds is 9. The van der Waals surface area contributed by atoms with Crippen LogP contribution in [0.25, 0.3) is 0 Å². The predicted molar refractivity (Wildman–Crippen MR) is 73.7 cm³/mol. The molecule has 1 rings (SSSR count). The standard InChI is InChI=1S/C16H24FO/c1-2-3-4-5-6-7-8-9-15-11-10-14(13-18)12-16(15)17/h7,10-12,18H,2-6,8-9,13H2,1H3. The highest BCUT2D eigenvalue weighted by Crippen LogP contribution is 2.14. The summed E-state index contributed by atoms with van der Waals surface area (Å²) in [6.07, 6.45) is 10.2. The third-order valence-corrected chi connectivity index (χ3v) is 3.18. The zero-order valence-electron chi connectivity index (χ0n) is 11.3. The van der Waals surface area contributed by atoms with Crippen molar-refractivity contribution in [2.45, 2.75) is 58.5 Å². The Hall–Kier alpha value is -0.890. The molecule has 2 heteroatoms. The minimum absolute atomic E-state index is 0.0965. The molecule has 0 amide bonds. The van der Waals surface area contributed by atoms with Crippen molar-refractivity contribution in [3.63, 3.8) is 0 Å². The lowest BCUT2D eigenvalue weighted by atomic mass is 10.0. The van der Waals surface area contributed by atoms with Gasteiger partial charge in [-0.3, -0.25) is 0 Å². The maximum atomic E-state index is 13.6. The molecule has 0 bridgehead atoms. The molecule has 18 heavy (non-hydrogen) atoms. The van der Waals surface area contributed by atoms with Crippen molar-refractivity contribution in [2.24, 2.45) is 0 Å². The van der Waals surface area contributed by atoms with E-state index in [9.17, 15) is 4.39 Å². The minimum Gasteiger partial charge on any atom is -0.392 e. The first-order valence-corrected chi connectivity index (χ1v) is 6.97.